The van der Waals surface area contributed by atoms with E-state index in [1.165, 1.54) is 6.20 Å². The Labute approximate surface area is 146 Å². The van der Waals surface area contributed by atoms with E-state index in [1.807, 2.05) is 12.1 Å². The van der Waals surface area contributed by atoms with Gasteiger partial charge in [0.05, 0.1) is 18.3 Å². The number of nitrogens with two attached hydrogens (primary N) is 1. The molecule has 0 saturated carbocycles. The molecule has 3 N–H and O–H groups in total. The van der Waals surface area contributed by atoms with Gasteiger partial charge in [0.15, 0.2) is 6.04 Å². The van der Waals surface area contributed by atoms with Gasteiger partial charge in [-0.05, 0) is 30.7 Å². The minimum Gasteiger partial charge on any atom is -0.383 e. The number of carbonyl (C=O) groups is 2. The number of aryl methyl sites for hydroxylation is 1. The lowest BCUT2D eigenvalue weighted by atomic mass is 9.96. The van der Waals surface area contributed by atoms with Crippen LogP contribution in [0.15, 0.2) is 36.8 Å². The average Bonchev–Trinajstić information content (AvgIpc) is 2.65. The number of carbonyl (C=O) groups excluding carboxylic acids is 2. The number of likely N-dealkylation sites (tertiary alicyclic amines) is 1. The van der Waals surface area contributed by atoms with E-state index in [2.05, 4.69) is 21.7 Å². The topological polar surface area (TPSA) is 101 Å². The van der Waals surface area contributed by atoms with E-state index in [9.17, 15) is 9.59 Å². The van der Waals surface area contributed by atoms with Crippen LogP contribution in [-0.4, -0.2) is 33.2 Å². The van der Waals surface area contributed by atoms with Crippen molar-refractivity contribution in [1.29, 1.82) is 0 Å². The number of rotatable bonds is 2. The number of nitrogens with one attached hydrogen (secondary N) is 1. The highest BCUT2D eigenvalue weighted by molar-refractivity contribution is 6.39. The Kier molecular flexibility index (Phi) is 4.83. The summed E-state index contributed by atoms with van der Waals surface area (Å²) in [5.74, 6) is -0.847. The van der Waals surface area contributed by atoms with Crippen LogP contribution in [-0.2, 0) is 9.59 Å². The summed E-state index contributed by atoms with van der Waals surface area (Å²) in [6.45, 7) is 2.33. The summed E-state index contributed by atoms with van der Waals surface area (Å²) >= 11 is 0. The minimum absolute atomic E-state index is 0.221. The second-order valence-electron chi connectivity index (χ2n) is 5.98. The van der Waals surface area contributed by atoms with Crippen molar-refractivity contribution in [3.05, 3.63) is 54.3 Å². The summed E-state index contributed by atoms with van der Waals surface area (Å²) < 4.78 is 0. The molecule has 0 bridgehead atoms. The molecule has 1 saturated heterocycles. The highest BCUT2D eigenvalue weighted by Gasteiger charge is 2.37. The highest BCUT2D eigenvalue weighted by Crippen LogP contribution is 2.30. The monoisotopic (exact) mass is 338 g/mol. The van der Waals surface area contributed by atoms with Gasteiger partial charge < -0.3 is 11.1 Å². The van der Waals surface area contributed by atoms with E-state index in [0.717, 1.165) is 24.0 Å². The van der Waals surface area contributed by atoms with Crippen molar-refractivity contribution in [1.82, 2.24) is 14.9 Å². The molecule has 1 atom stereocenters. The molecule has 2 aromatic heterocycles. The predicted octanol–water partition coefficient (Wildman–Crippen LogP) is 1.87. The van der Waals surface area contributed by atoms with Crippen LogP contribution in [0.3, 0.4) is 0 Å². The Balaban J connectivity index is 1.75. The largest absolute Gasteiger partial charge is 0.383 e. The molecule has 0 spiro atoms. The third-order valence-electron chi connectivity index (χ3n) is 4.21. The number of nitrogens with zero attached hydrogens (tertiary/aromatic N) is 3. The third kappa shape index (κ3) is 3.71. The summed E-state index contributed by atoms with van der Waals surface area (Å²) in [4.78, 5) is 34.7. The molecule has 3 rings (SSSR count). The van der Waals surface area contributed by atoms with Gasteiger partial charge in [0.2, 0.25) is 0 Å². The van der Waals surface area contributed by atoms with Gasteiger partial charge >= 0.3 is 11.8 Å². The lowest BCUT2D eigenvalue weighted by molar-refractivity contribution is -0.145. The van der Waals surface area contributed by atoms with E-state index >= 15 is 0 Å². The summed E-state index contributed by atoms with van der Waals surface area (Å²) in [6.07, 6.45) is 8.60. The van der Waals surface area contributed by atoms with Crippen molar-refractivity contribution in [3.63, 3.8) is 0 Å². The van der Waals surface area contributed by atoms with Crippen molar-refractivity contribution >= 4 is 23.3 Å². The van der Waals surface area contributed by atoms with E-state index in [0.29, 0.717) is 18.1 Å². The zero-order valence-corrected chi connectivity index (χ0v) is 14.0. The van der Waals surface area contributed by atoms with Crippen LogP contribution in [0, 0.1) is 13.3 Å². The highest BCUT2D eigenvalue weighted by atomic mass is 16.2. The van der Waals surface area contributed by atoms with E-state index < -0.39 is 11.8 Å². The van der Waals surface area contributed by atoms with Gasteiger partial charge in [-0.1, -0.05) is 0 Å². The molecule has 2 aromatic rings. The number of nitrogen functional groups attached to an aromatic ring is 1. The van der Waals surface area contributed by atoms with Crippen molar-refractivity contribution < 1.29 is 9.59 Å². The SMILES string of the molecule is Cc1cc(NC(=O)C(=O)N2CCC[CH+][C@@H]2c2ccncc2)cnc1N. The predicted molar refractivity (Wildman–Crippen MR) is 94.2 cm³/mol. The molecular formula is C18H20N5O2+. The Morgan fingerprint density at radius 3 is 2.84 bits per heavy atom. The van der Waals surface area contributed by atoms with Crippen LogP contribution in [0.1, 0.15) is 30.0 Å². The van der Waals surface area contributed by atoms with Crippen LogP contribution >= 0.6 is 0 Å². The van der Waals surface area contributed by atoms with Crippen LogP contribution in [0.2, 0.25) is 0 Å². The average molecular weight is 338 g/mol. The molecule has 25 heavy (non-hydrogen) atoms. The fraction of sp³-hybridized carbons (Fsp3) is 0.278. The summed E-state index contributed by atoms with van der Waals surface area (Å²) in [5, 5.41) is 2.60. The molecular weight excluding hydrogens is 318 g/mol. The number of aromatic nitrogens is 2. The van der Waals surface area contributed by atoms with E-state index in [4.69, 9.17) is 5.73 Å². The molecule has 7 heteroatoms. The van der Waals surface area contributed by atoms with Gasteiger partial charge in [-0.25, -0.2) is 4.98 Å². The van der Waals surface area contributed by atoms with E-state index in [-0.39, 0.29) is 6.04 Å². The lowest BCUT2D eigenvalue weighted by Gasteiger charge is -2.29. The maximum Gasteiger partial charge on any atom is 0.316 e. The fourth-order valence-electron chi connectivity index (χ4n) is 2.88. The van der Waals surface area contributed by atoms with Crippen LogP contribution in [0.4, 0.5) is 11.5 Å². The molecule has 0 radical (unpaired) electrons. The molecule has 3 heterocycles. The lowest BCUT2D eigenvalue weighted by Crippen LogP contribution is -2.44. The third-order valence-corrected chi connectivity index (χ3v) is 4.21. The Bertz CT molecular complexity index is 778. The Morgan fingerprint density at radius 2 is 2.12 bits per heavy atom. The Hall–Kier alpha value is -3.09. The molecule has 2 amide bonds. The summed E-state index contributed by atoms with van der Waals surface area (Å²) in [5.41, 5.74) is 7.81. The number of hydrogen-bond acceptors (Lipinski definition) is 5. The molecule has 1 fully saturated rings. The van der Waals surface area contributed by atoms with Crippen molar-refractivity contribution in [2.24, 2.45) is 0 Å². The van der Waals surface area contributed by atoms with Gasteiger partial charge in [-0.15, -0.1) is 0 Å². The zero-order chi connectivity index (χ0) is 17.8. The number of amides is 2. The second-order valence-corrected chi connectivity index (χ2v) is 5.98. The fourth-order valence-corrected chi connectivity index (χ4v) is 2.88. The first kappa shape index (κ1) is 16.8. The zero-order valence-electron chi connectivity index (χ0n) is 14.0. The first-order chi connectivity index (χ1) is 12.1. The van der Waals surface area contributed by atoms with Gasteiger partial charge in [0, 0.05) is 30.9 Å². The maximum absolute atomic E-state index is 12.7. The summed E-state index contributed by atoms with van der Waals surface area (Å²) in [7, 11) is 0. The van der Waals surface area contributed by atoms with Gasteiger partial charge in [0.1, 0.15) is 12.2 Å². The van der Waals surface area contributed by atoms with Gasteiger partial charge in [-0.3, -0.25) is 19.5 Å². The number of pyridine rings is 2. The van der Waals surface area contributed by atoms with Gasteiger partial charge in [0.25, 0.3) is 0 Å². The van der Waals surface area contributed by atoms with E-state index in [1.54, 1.807) is 30.3 Å². The van der Waals surface area contributed by atoms with Crippen LogP contribution < -0.4 is 11.1 Å². The van der Waals surface area contributed by atoms with Crippen molar-refractivity contribution in [2.75, 3.05) is 17.6 Å². The standard InChI is InChI=1S/C18H19N5O2/c1-12-10-14(11-21-16(12)19)22-17(24)18(25)23-9-3-2-4-15(23)13-5-7-20-8-6-13/h4-8,10-11,15H,2-3,9H2,1H3,(H2-,19,21,22,24,25)/p+1/t15-/m1/s1. The minimum atomic E-state index is -0.680. The number of piperidine rings is 1. The molecule has 128 valence electrons. The van der Waals surface area contributed by atoms with Crippen LogP contribution in [0.5, 0.6) is 0 Å². The molecule has 0 unspecified atom stereocenters. The number of hydrogen-bond donors (Lipinski definition) is 2. The second kappa shape index (κ2) is 7.21. The quantitative estimate of drug-likeness (QED) is 0.643. The smallest absolute Gasteiger partial charge is 0.316 e. The first-order valence-electron chi connectivity index (χ1n) is 8.13. The van der Waals surface area contributed by atoms with Crippen molar-refractivity contribution in [2.45, 2.75) is 25.8 Å². The maximum atomic E-state index is 12.7. The number of anilines is 2. The molecule has 0 aliphatic carbocycles. The summed E-state index contributed by atoms with van der Waals surface area (Å²) in [6, 6.07) is 5.19. The normalized spacial score (nSPS) is 16.8. The molecule has 0 aromatic carbocycles. The molecule has 1 aliphatic rings. The van der Waals surface area contributed by atoms with Crippen LogP contribution in [0.25, 0.3) is 0 Å². The van der Waals surface area contributed by atoms with Crippen molar-refractivity contribution in [3.8, 4) is 0 Å². The molecule has 7 nitrogen and oxygen atoms in total. The Morgan fingerprint density at radius 1 is 1.36 bits per heavy atom. The molecule has 1 aliphatic heterocycles. The van der Waals surface area contributed by atoms with Gasteiger partial charge in [-0.2, -0.15) is 0 Å². The first-order valence-corrected chi connectivity index (χ1v) is 8.13.